The van der Waals surface area contributed by atoms with Crippen molar-refractivity contribution in [3.8, 4) is 5.75 Å². The van der Waals surface area contributed by atoms with Crippen LogP contribution in [-0.2, 0) is 4.79 Å². The quantitative estimate of drug-likeness (QED) is 0.711. The van der Waals surface area contributed by atoms with Crippen LogP contribution >= 0.6 is 0 Å². The number of hydrogen-bond donors (Lipinski definition) is 1. The van der Waals surface area contributed by atoms with Gasteiger partial charge in [0, 0.05) is 26.6 Å². The van der Waals surface area contributed by atoms with Crippen LogP contribution in [-0.4, -0.2) is 44.6 Å². The lowest BCUT2D eigenvalue weighted by Crippen LogP contribution is -2.32. The standard InChI is InChI=1S/C17H28N2O2/c1-14-8-9-15(2)16(13-14)21-12-6-5-7-17(20)19(4)11-10-18-3/h8-9,13,18H,5-7,10-12H2,1-4H3. The molecule has 4 nitrogen and oxygen atoms in total. The highest BCUT2D eigenvalue weighted by molar-refractivity contribution is 5.75. The third kappa shape index (κ3) is 6.63. The summed E-state index contributed by atoms with van der Waals surface area (Å²) in [6.07, 6.45) is 2.36. The number of amides is 1. The summed E-state index contributed by atoms with van der Waals surface area (Å²) in [6.45, 7) is 6.37. The van der Waals surface area contributed by atoms with Crippen molar-refractivity contribution in [3.05, 3.63) is 29.3 Å². The molecule has 21 heavy (non-hydrogen) atoms. The van der Waals surface area contributed by atoms with Gasteiger partial charge in [-0.2, -0.15) is 0 Å². The number of hydrogen-bond acceptors (Lipinski definition) is 3. The molecule has 0 heterocycles. The van der Waals surface area contributed by atoms with Crippen molar-refractivity contribution in [1.82, 2.24) is 10.2 Å². The van der Waals surface area contributed by atoms with Crippen LogP contribution < -0.4 is 10.1 Å². The number of carbonyl (C=O) groups is 1. The highest BCUT2D eigenvalue weighted by atomic mass is 16.5. The molecule has 0 aromatic heterocycles. The molecule has 0 fully saturated rings. The molecule has 118 valence electrons. The third-order valence-corrected chi connectivity index (χ3v) is 3.51. The van der Waals surface area contributed by atoms with Crippen LogP contribution in [0.2, 0.25) is 0 Å². The highest BCUT2D eigenvalue weighted by Gasteiger charge is 2.07. The van der Waals surface area contributed by atoms with E-state index in [-0.39, 0.29) is 5.91 Å². The van der Waals surface area contributed by atoms with E-state index in [1.54, 1.807) is 4.90 Å². The molecule has 0 aliphatic carbocycles. The van der Waals surface area contributed by atoms with Gasteiger partial charge in [-0.15, -0.1) is 0 Å². The van der Waals surface area contributed by atoms with E-state index in [0.29, 0.717) is 13.0 Å². The average molecular weight is 292 g/mol. The molecule has 0 aliphatic rings. The number of nitrogens with zero attached hydrogens (tertiary/aromatic N) is 1. The second-order valence-corrected chi connectivity index (χ2v) is 5.49. The fraction of sp³-hybridized carbons (Fsp3) is 0.588. The van der Waals surface area contributed by atoms with E-state index in [9.17, 15) is 4.79 Å². The van der Waals surface area contributed by atoms with Gasteiger partial charge in [-0.25, -0.2) is 0 Å². The van der Waals surface area contributed by atoms with Gasteiger partial charge in [0.15, 0.2) is 0 Å². The second-order valence-electron chi connectivity index (χ2n) is 5.49. The van der Waals surface area contributed by atoms with Gasteiger partial charge in [-0.05, 0) is 50.9 Å². The molecular formula is C17H28N2O2. The highest BCUT2D eigenvalue weighted by Crippen LogP contribution is 2.19. The normalized spacial score (nSPS) is 10.5. The predicted molar refractivity (Wildman–Crippen MR) is 86.8 cm³/mol. The molecular weight excluding hydrogens is 264 g/mol. The number of unbranched alkanes of at least 4 members (excludes halogenated alkanes) is 1. The van der Waals surface area contributed by atoms with Crippen LogP contribution in [0.5, 0.6) is 5.75 Å². The predicted octanol–water partition coefficient (Wildman–Crippen LogP) is 2.53. The molecule has 4 heteroatoms. The zero-order valence-electron chi connectivity index (χ0n) is 13.7. The maximum absolute atomic E-state index is 11.8. The van der Waals surface area contributed by atoms with Crippen molar-refractivity contribution >= 4 is 5.91 Å². The summed E-state index contributed by atoms with van der Waals surface area (Å²) < 4.78 is 5.79. The van der Waals surface area contributed by atoms with E-state index in [2.05, 4.69) is 37.4 Å². The minimum atomic E-state index is 0.206. The molecule has 0 spiro atoms. The molecule has 1 aromatic carbocycles. The molecule has 0 aliphatic heterocycles. The lowest BCUT2D eigenvalue weighted by Gasteiger charge is -2.16. The molecule has 0 bridgehead atoms. The largest absolute Gasteiger partial charge is 0.493 e. The summed E-state index contributed by atoms with van der Waals surface area (Å²) in [5, 5.41) is 3.04. The van der Waals surface area contributed by atoms with Gasteiger partial charge in [-0.1, -0.05) is 12.1 Å². The molecule has 1 amide bonds. The first-order valence-electron chi connectivity index (χ1n) is 7.63. The Bertz CT molecular complexity index is 446. The third-order valence-electron chi connectivity index (χ3n) is 3.51. The van der Waals surface area contributed by atoms with Gasteiger partial charge >= 0.3 is 0 Å². The number of ether oxygens (including phenoxy) is 1. The van der Waals surface area contributed by atoms with E-state index in [1.807, 2.05) is 14.1 Å². The first-order chi connectivity index (χ1) is 10.0. The lowest BCUT2D eigenvalue weighted by atomic mass is 10.1. The molecule has 0 saturated heterocycles. The first kappa shape index (κ1) is 17.5. The second kappa shape index (κ2) is 9.40. The molecule has 0 radical (unpaired) electrons. The Labute approximate surface area is 128 Å². The maximum atomic E-state index is 11.8. The summed E-state index contributed by atoms with van der Waals surface area (Å²) in [7, 11) is 3.75. The van der Waals surface area contributed by atoms with Gasteiger partial charge in [0.05, 0.1) is 6.61 Å². The minimum Gasteiger partial charge on any atom is -0.493 e. The molecule has 0 unspecified atom stereocenters. The van der Waals surface area contributed by atoms with Crippen LogP contribution in [0.4, 0.5) is 0 Å². The molecule has 1 N–H and O–H groups in total. The van der Waals surface area contributed by atoms with Crippen LogP contribution in [0.1, 0.15) is 30.4 Å². The topological polar surface area (TPSA) is 41.6 Å². The van der Waals surface area contributed by atoms with E-state index in [4.69, 9.17) is 4.74 Å². The van der Waals surface area contributed by atoms with Gasteiger partial charge in [-0.3, -0.25) is 4.79 Å². The van der Waals surface area contributed by atoms with Crippen molar-refractivity contribution in [2.24, 2.45) is 0 Å². The van der Waals surface area contributed by atoms with Gasteiger partial charge < -0.3 is 15.0 Å². The number of nitrogens with one attached hydrogen (secondary N) is 1. The van der Waals surface area contributed by atoms with Crippen molar-refractivity contribution in [2.45, 2.75) is 33.1 Å². The zero-order chi connectivity index (χ0) is 15.7. The molecule has 1 rings (SSSR count). The molecule has 0 saturated carbocycles. The SMILES string of the molecule is CNCCN(C)C(=O)CCCCOc1cc(C)ccc1C. The Kier molecular flexibility index (Phi) is 7.83. The van der Waals surface area contributed by atoms with Crippen molar-refractivity contribution < 1.29 is 9.53 Å². The number of likely N-dealkylation sites (N-methyl/N-ethyl adjacent to an activating group) is 2. The molecule has 1 aromatic rings. The summed E-state index contributed by atoms with van der Waals surface area (Å²) in [6, 6.07) is 6.22. The van der Waals surface area contributed by atoms with Crippen molar-refractivity contribution in [3.63, 3.8) is 0 Å². The van der Waals surface area contributed by atoms with E-state index < -0.39 is 0 Å². The van der Waals surface area contributed by atoms with Crippen LogP contribution in [0.3, 0.4) is 0 Å². The fourth-order valence-corrected chi connectivity index (χ4v) is 2.02. The van der Waals surface area contributed by atoms with Crippen LogP contribution in [0, 0.1) is 13.8 Å². The Morgan fingerprint density at radius 1 is 1.29 bits per heavy atom. The Balaban J connectivity index is 2.19. The first-order valence-corrected chi connectivity index (χ1v) is 7.63. The van der Waals surface area contributed by atoms with Gasteiger partial charge in [0.2, 0.25) is 5.91 Å². The smallest absolute Gasteiger partial charge is 0.222 e. The lowest BCUT2D eigenvalue weighted by molar-refractivity contribution is -0.129. The monoisotopic (exact) mass is 292 g/mol. The Hall–Kier alpha value is -1.55. The number of aryl methyl sites for hydroxylation is 2. The van der Waals surface area contributed by atoms with Crippen molar-refractivity contribution in [2.75, 3.05) is 33.8 Å². The summed E-state index contributed by atoms with van der Waals surface area (Å²) in [5.41, 5.74) is 2.36. The fourth-order valence-electron chi connectivity index (χ4n) is 2.02. The van der Waals surface area contributed by atoms with Crippen LogP contribution in [0.25, 0.3) is 0 Å². The average Bonchev–Trinajstić information content (AvgIpc) is 2.47. The van der Waals surface area contributed by atoms with Gasteiger partial charge in [0.25, 0.3) is 0 Å². The van der Waals surface area contributed by atoms with E-state index in [1.165, 1.54) is 5.56 Å². The van der Waals surface area contributed by atoms with E-state index >= 15 is 0 Å². The maximum Gasteiger partial charge on any atom is 0.222 e. The van der Waals surface area contributed by atoms with Gasteiger partial charge in [0.1, 0.15) is 5.75 Å². The minimum absolute atomic E-state index is 0.206. The van der Waals surface area contributed by atoms with E-state index in [0.717, 1.165) is 37.2 Å². The Morgan fingerprint density at radius 2 is 2.05 bits per heavy atom. The summed E-state index contributed by atoms with van der Waals surface area (Å²) >= 11 is 0. The van der Waals surface area contributed by atoms with Crippen molar-refractivity contribution in [1.29, 1.82) is 0 Å². The summed E-state index contributed by atoms with van der Waals surface area (Å²) in [5.74, 6) is 1.16. The zero-order valence-corrected chi connectivity index (χ0v) is 13.7. The molecule has 0 atom stereocenters. The number of carbonyl (C=O) groups excluding carboxylic acids is 1. The number of rotatable bonds is 9. The summed E-state index contributed by atoms with van der Waals surface area (Å²) in [4.78, 5) is 13.6. The van der Waals surface area contributed by atoms with Crippen LogP contribution in [0.15, 0.2) is 18.2 Å². The number of benzene rings is 1. The Morgan fingerprint density at radius 3 is 2.76 bits per heavy atom.